The highest BCUT2D eigenvalue weighted by atomic mass is 32.2. The molecule has 3 aromatic rings. The Labute approximate surface area is 166 Å². The maximum Gasteiger partial charge on any atom is 0.295 e. The molecule has 0 saturated carbocycles. The lowest BCUT2D eigenvalue weighted by Gasteiger charge is -2.26. The quantitative estimate of drug-likeness (QED) is 0.649. The number of anilines is 2. The minimum atomic E-state index is -0.924. The van der Waals surface area contributed by atoms with Crippen molar-refractivity contribution in [3.63, 3.8) is 0 Å². The normalized spacial score (nSPS) is 16.6. The van der Waals surface area contributed by atoms with Crippen molar-refractivity contribution in [3.8, 4) is 0 Å². The Hall–Kier alpha value is -3.12. The Kier molecular flexibility index (Phi) is 4.65. The molecule has 28 heavy (non-hydrogen) atoms. The zero-order chi connectivity index (χ0) is 19.8. The number of hydrogen-bond donors (Lipinski definition) is 0. The molecule has 0 aliphatic carbocycles. The zero-order valence-corrected chi connectivity index (χ0v) is 16.3. The van der Waals surface area contributed by atoms with Gasteiger partial charge in [-0.25, -0.2) is 4.90 Å². The van der Waals surface area contributed by atoms with E-state index < -0.39 is 11.3 Å². The summed E-state index contributed by atoms with van der Waals surface area (Å²) in [6.45, 7) is 3.30. The van der Waals surface area contributed by atoms with Gasteiger partial charge < -0.3 is 0 Å². The molecule has 1 heterocycles. The van der Waals surface area contributed by atoms with Crippen LogP contribution in [0.5, 0.6) is 0 Å². The van der Waals surface area contributed by atoms with E-state index in [1.807, 2.05) is 49.4 Å². The molecule has 1 aliphatic heterocycles. The molecule has 0 aromatic heterocycles. The molecule has 1 fully saturated rings. The number of carbonyl (C=O) groups excluding carboxylic acids is 3. The van der Waals surface area contributed by atoms with E-state index in [9.17, 15) is 14.4 Å². The van der Waals surface area contributed by atoms with E-state index in [0.29, 0.717) is 11.4 Å². The predicted molar refractivity (Wildman–Crippen MR) is 113 cm³/mol. The average Bonchev–Trinajstić information content (AvgIpc) is 2.95. The van der Waals surface area contributed by atoms with Crippen molar-refractivity contribution in [2.75, 3.05) is 9.80 Å². The number of rotatable bonds is 3. The number of imide groups is 1. The molecule has 1 saturated heterocycles. The Morgan fingerprint density at radius 3 is 2.43 bits per heavy atom. The summed E-state index contributed by atoms with van der Waals surface area (Å²) in [5.74, 6) is -0.705. The van der Waals surface area contributed by atoms with Crippen molar-refractivity contribution in [1.29, 1.82) is 0 Å². The van der Waals surface area contributed by atoms with Crippen LogP contribution >= 0.6 is 11.8 Å². The molecule has 3 amide bonds. The van der Waals surface area contributed by atoms with E-state index in [4.69, 9.17) is 0 Å². The highest BCUT2D eigenvalue weighted by Crippen LogP contribution is 2.36. The van der Waals surface area contributed by atoms with Crippen LogP contribution in [0.4, 0.5) is 16.2 Å². The van der Waals surface area contributed by atoms with Crippen molar-refractivity contribution in [2.45, 2.75) is 19.2 Å². The van der Waals surface area contributed by atoms with Crippen LogP contribution in [0.15, 0.2) is 66.7 Å². The van der Waals surface area contributed by atoms with E-state index in [1.54, 1.807) is 24.3 Å². The van der Waals surface area contributed by atoms with Gasteiger partial charge in [0.05, 0.1) is 5.69 Å². The van der Waals surface area contributed by atoms with Gasteiger partial charge in [-0.05, 0) is 59.3 Å². The van der Waals surface area contributed by atoms with Gasteiger partial charge in [-0.3, -0.25) is 19.3 Å². The highest BCUT2D eigenvalue weighted by Gasteiger charge is 2.45. The fourth-order valence-corrected chi connectivity index (χ4v) is 4.44. The summed E-state index contributed by atoms with van der Waals surface area (Å²) in [5, 5.41) is 0.695. The zero-order valence-electron chi connectivity index (χ0n) is 15.5. The van der Waals surface area contributed by atoms with Gasteiger partial charge >= 0.3 is 0 Å². The molecular weight excluding hydrogens is 372 g/mol. The van der Waals surface area contributed by atoms with Gasteiger partial charge in [0.2, 0.25) is 5.91 Å². The second-order valence-electron chi connectivity index (χ2n) is 6.67. The molecule has 4 rings (SSSR count). The Balaban J connectivity index is 1.73. The van der Waals surface area contributed by atoms with Crippen LogP contribution in [-0.2, 0) is 9.59 Å². The number of amides is 3. The van der Waals surface area contributed by atoms with Crippen molar-refractivity contribution in [2.24, 2.45) is 0 Å². The maximum absolute atomic E-state index is 13.1. The van der Waals surface area contributed by atoms with Crippen LogP contribution in [0, 0.1) is 6.92 Å². The van der Waals surface area contributed by atoms with E-state index in [1.165, 1.54) is 11.8 Å². The number of hydrogen-bond acceptors (Lipinski definition) is 4. The minimum Gasteiger partial charge on any atom is -0.290 e. The molecule has 5 nitrogen and oxygen atoms in total. The van der Waals surface area contributed by atoms with E-state index >= 15 is 0 Å². The Bertz CT molecular complexity index is 1110. The number of benzene rings is 3. The van der Waals surface area contributed by atoms with Crippen LogP contribution in [0.1, 0.15) is 12.5 Å². The molecule has 0 N–H and O–H groups in total. The van der Waals surface area contributed by atoms with E-state index in [-0.39, 0.29) is 11.1 Å². The standard InChI is InChI=1S/C22H18N2O3S/c1-14-6-5-9-18(12-14)24-20(26)21(28-22(24)27)23(15(2)25)19-11-10-16-7-3-4-8-17(16)13-19/h3-13,21H,1-2H3/t21-/m0/s1. The summed E-state index contributed by atoms with van der Waals surface area (Å²) in [5.41, 5.74) is 2.06. The maximum atomic E-state index is 13.1. The van der Waals surface area contributed by atoms with Crippen LogP contribution in [0.25, 0.3) is 10.8 Å². The van der Waals surface area contributed by atoms with Crippen molar-refractivity contribution >= 4 is 51.0 Å². The lowest BCUT2D eigenvalue weighted by atomic mass is 10.1. The molecule has 0 radical (unpaired) electrons. The first-order chi connectivity index (χ1) is 13.5. The monoisotopic (exact) mass is 390 g/mol. The number of fused-ring (bicyclic) bond motifs is 1. The fourth-order valence-electron chi connectivity index (χ4n) is 3.37. The topological polar surface area (TPSA) is 57.7 Å². The van der Waals surface area contributed by atoms with Gasteiger partial charge in [-0.1, -0.05) is 42.5 Å². The molecule has 0 spiro atoms. The molecule has 1 aliphatic rings. The second kappa shape index (κ2) is 7.13. The highest BCUT2D eigenvalue weighted by molar-refractivity contribution is 8.16. The lowest BCUT2D eigenvalue weighted by molar-refractivity contribution is -0.121. The number of nitrogens with zero attached hydrogens (tertiary/aromatic N) is 2. The van der Waals surface area contributed by atoms with Gasteiger partial charge in [-0.15, -0.1) is 0 Å². The first-order valence-corrected chi connectivity index (χ1v) is 9.73. The minimum absolute atomic E-state index is 0.292. The smallest absolute Gasteiger partial charge is 0.290 e. The summed E-state index contributed by atoms with van der Waals surface area (Å²) in [6, 6.07) is 20.6. The van der Waals surface area contributed by atoms with E-state index in [2.05, 4.69) is 0 Å². The number of aryl methyl sites for hydroxylation is 1. The second-order valence-corrected chi connectivity index (χ2v) is 7.70. The van der Waals surface area contributed by atoms with Crippen molar-refractivity contribution in [3.05, 3.63) is 72.3 Å². The number of thioether (sulfide) groups is 1. The van der Waals surface area contributed by atoms with Crippen molar-refractivity contribution < 1.29 is 14.4 Å². The SMILES string of the molecule is CC(=O)N(c1ccc2ccccc2c1)[C@H]1SC(=O)N(c2cccc(C)c2)C1=O. The summed E-state index contributed by atoms with van der Waals surface area (Å²) in [6.07, 6.45) is 0. The van der Waals surface area contributed by atoms with Crippen LogP contribution in [0.3, 0.4) is 0 Å². The fraction of sp³-hybridized carbons (Fsp3) is 0.136. The lowest BCUT2D eigenvalue weighted by Crippen LogP contribution is -2.44. The van der Waals surface area contributed by atoms with Gasteiger partial charge in [0.15, 0.2) is 5.37 Å². The van der Waals surface area contributed by atoms with Gasteiger partial charge in [-0.2, -0.15) is 0 Å². The summed E-state index contributed by atoms with van der Waals surface area (Å²) < 4.78 is 0. The Morgan fingerprint density at radius 1 is 0.964 bits per heavy atom. The first kappa shape index (κ1) is 18.3. The Morgan fingerprint density at radius 2 is 1.71 bits per heavy atom. The molecule has 0 bridgehead atoms. The van der Waals surface area contributed by atoms with Gasteiger partial charge in [0, 0.05) is 12.6 Å². The number of carbonyl (C=O) groups is 3. The third kappa shape index (κ3) is 3.16. The van der Waals surface area contributed by atoms with Crippen LogP contribution in [0.2, 0.25) is 0 Å². The molecule has 0 unspecified atom stereocenters. The molecular formula is C22H18N2O3S. The van der Waals surface area contributed by atoms with Crippen LogP contribution in [-0.4, -0.2) is 22.4 Å². The molecule has 140 valence electrons. The molecule has 1 atom stereocenters. The third-order valence-corrected chi connectivity index (χ3v) is 5.69. The van der Waals surface area contributed by atoms with Crippen molar-refractivity contribution in [1.82, 2.24) is 0 Å². The first-order valence-electron chi connectivity index (χ1n) is 8.85. The third-order valence-electron chi connectivity index (χ3n) is 4.67. The van der Waals surface area contributed by atoms with Gasteiger partial charge in [0.1, 0.15) is 0 Å². The molecule has 6 heteroatoms. The van der Waals surface area contributed by atoms with E-state index in [0.717, 1.165) is 33.0 Å². The summed E-state index contributed by atoms with van der Waals surface area (Å²) in [4.78, 5) is 40.7. The summed E-state index contributed by atoms with van der Waals surface area (Å²) in [7, 11) is 0. The van der Waals surface area contributed by atoms with Gasteiger partial charge in [0.25, 0.3) is 11.1 Å². The summed E-state index contributed by atoms with van der Waals surface area (Å²) >= 11 is 0.862. The average molecular weight is 390 g/mol. The largest absolute Gasteiger partial charge is 0.295 e. The van der Waals surface area contributed by atoms with Crippen LogP contribution < -0.4 is 9.80 Å². The predicted octanol–water partition coefficient (Wildman–Crippen LogP) is 4.73. The molecule has 3 aromatic carbocycles.